The molecule has 1 aromatic carbocycles. The van der Waals surface area contributed by atoms with E-state index >= 15 is 0 Å². The number of aliphatic hydroxyl groups is 1. The van der Waals surface area contributed by atoms with E-state index in [0.29, 0.717) is 25.7 Å². The number of ketones is 1. The lowest BCUT2D eigenvalue weighted by Gasteiger charge is -2.23. The van der Waals surface area contributed by atoms with Gasteiger partial charge in [0.2, 0.25) is 0 Å². The molecule has 2 atom stereocenters. The number of carbonyl (C=O) groups is 2. The molecule has 0 aliphatic rings. The minimum absolute atomic E-state index is 0.116. The van der Waals surface area contributed by atoms with Gasteiger partial charge in [0.05, 0.1) is 13.2 Å². The van der Waals surface area contributed by atoms with Crippen molar-refractivity contribution in [2.75, 3.05) is 7.11 Å². The summed E-state index contributed by atoms with van der Waals surface area (Å²) in [6.07, 6.45) is 11.0. The van der Waals surface area contributed by atoms with Crippen molar-refractivity contribution in [2.24, 2.45) is 0 Å². The third-order valence-electron chi connectivity index (χ3n) is 5.56. The van der Waals surface area contributed by atoms with E-state index in [2.05, 4.69) is 11.7 Å². The second-order valence-electron chi connectivity index (χ2n) is 8.02. The van der Waals surface area contributed by atoms with Crippen LogP contribution in [-0.2, 0) is 14.3 Å². The van der Waals surface area contributed by atoms with Gasteiger partial charge in [0, 0.05) is 25.2 Å². The highest BCUT2D eigenvalue weighted by Gasteiger charge is 2.23. The number of esters is 1. The van der Waals surface area contributed by atoms with E-state index in [-0.39, 0.29) is 17.7 Å². The Labute approximate surface area is 177 Å². The van der Waals surface area contributed by atoms with Gasteiger partial charge in [0.15, 0.2) is 0 Å². The van der Waals surface area contributed by atoms with Gasteiger partial charge in [-0.15, -0.1) is 0 Å². The van der Waals surface area contributed by atoms with Crippen LogP contribution < -0.4 is 0 Å². The van der Waals surface area contributed by atoms with Crippen molar-refractivity contribution in [3.8, 4) is 0 Å². The molecule has 1 aromatic rings. The number of Topliss-reactive ketones (excluding diaryl/α,β-unsaturated/α-hetero) is 1. The molecule has 4 heteroatoms. The lowest BCUT2D eigenvalue weighted by atomic mass is 9.85. The molecule has 29 heavy (non-hydrogen) atoms. The van der Waals surface area contributed by atoms with Gasteiger partial charge in [-0.25, -0.2) is 0 Å². The first-order valence-corrected chi connectivity index (χ1v) is 11.4. The Morgan fingerprint density at radius 1 is 0.897 bits per heavy atom. The first kappa shape index (κ1) is 25.4. The number of hydrogen-bond acceptors (Lipinski definition) is 4. The van der Waals surface area contributed by atoms with Crippen LogP contribution in [-0.4, -0.2) is 30.1 Å². The molecule has 0 fully saturated rings. The molecule has 0 saturated carbocycles. The molecule has 0 aromatic heterocycles. The van der Waals surface area contributed by atoms with Crippen LogP contribution in [0.4, 0.5) is 0 Å². The highest BCUT2D eigenvalue weighted by atomic mass is 16.5. The smallest absolute Gasteiger partial charge is 0.305 e. The summed E-state index contributed by atoms with van der Waals surface area (Å²) in [4.78, 5) is 23.6. The lowest BCUT2D eigenvalue weighted by Crippen LogP contribution is -2.21. The molecule has 2 unspecified atom stereocenters. The highest BCUT2D eigenvalue weighted by Crippen LogP contribution is 2.28. The van der Waals surface area contributed by atoms with Crippen molar-refractivity contribution < 1.29 is 19.4 Å². The van der Waals surface area contributed by atoms with Crippen LogP contribution in [0.15, 0.2) is 30.3 Å². The summed E-state index contributed by atoms with van der Waals surface area (Å²) < 4.78 is 4.65. The van der Waals surface area contributed by atoms with Gasteiger partial charge in [0.1, 0.15) is 5.78 Å². The SMILES string of the molecule is CCCCCCC(=O)CC(c1ccccc1)C(O)CCCCCCCC(=O)OC. The van der Waals surface area contributed by atoms with Crippen molar-refractivity contribution >= 4 is 11.8 Å². The summed E-state index contributed by atoms with van der Waals surface area (Å²) in [6.45, 7) is 2.17. The number of hydrogen-bond donors (Lipinski definition) is 1. The fourth-order valence-electron chi connectivity index (χ4n) is 3.73. The Morgan fingerprint density at radius 3 is 2.21 bits per heavy atom. The lowest BCUT2D eigenvalue weighted by molar-refractivity contribution is -0.140. The van der Waals surface area contributed by atoms with Gasteiger partial charge in [0.25, 0.3) is 0 Å². The summed E-state index contributed by atoms with van der Waals surface area (Å²) in [6, 6.07) is 9.95. The number of benzene rings is 1. The van der Waals surface area contributed by atoms with Crippen LogP contribution in [0.5, 0.6) is 0 Å². The monoisotopic (exact) mass is 404 g/mol. The number of methoxy groups -OCH3 is 1. The third-order valence-corrected chi connectivity index (χ3v) is 5.56. The van der Waals surface area contributed by atoms with E-state index in [4.69, 9.17) is 0 Å². The molecule has 164 valence electrons. The summed E-state index contributed by atoms with van der Waals surface area (Å²) in [7, 11) is 1.42. The molecule has 1 N–H and O–H groups in total. The van der Waals surface area contributed by atoms with E-state index in [9.17, 15) is 14.7 Å². The number of rotatable bonds is 17. The maximum Gasteiger partial charge on any atom is 0.305 e. The maximum atomic E-state index is 12.5. The number of carbonyl (C=O) groups excluding carboxylic acids is 2. The second kappa shape index (κ2) is 16.2. The number of ether oxygens (including phenoxy) is 1. The van der Waals surface area contributed by atoms with Crippen molar-refractivity contribution in [2.45, 2.75) is 102 Å². The van der Waals surface area contributed by atoms with Crippen LogP contribution in [0.3, 0.4) is 0 Å². The van der Waals surface area contributed by atoms with Crippen molar-refractivity contribution in [1.29, 1.82) is 0 Å². The Hall–Kier alpha value is -1.68. The summed E-state index contributed by atoms with van der Waals surface area (Å²) >= 11 is 0. The molecule has 0 spiro atoms. The molecule has 0 saturated heterocycles. The predicted molar refractivity (Wildman–Crippen MR) is 118 cm³/mol. The number of unbranched alkanes of at least 4 members (excludes halogenated alkanes) is 7. The molecule has 0 heterocycles. The van der Waals surface area contributed by atoms with E-state index < -0.39 is 6.10 Å². The molecule has 0 aliphatic carbocycles. The van der Waals surface area contributed by atoms with Gasteiger partial charge in [-0.2, -0.15) is 0 Å². The molecule has 0 amide bonds. The van der Waals surface area contributed by atoms with Crippen LogP contribution in [0, 0.1) is 0 Å². The van der Waals surface area contributed by atoms with Crippen LogP contribution >= 0.6 is 0 Å². The molecule has 0 aliphatic heterocycles. The molecule has 0 radical (unpaired) electrons. The fraction of sp³-hybridized carbons (Fsp3) is 0.680. The maximum absolute atomic E-state index is 12.5. The molecular weight excluding hydrogens is 364 g/mol. The third kappa shape index (κ3) is 11.8. The Kier molecular flexibility index (Phi) is 14.1. The van der Waals surface area contributed by atoms with Gasteiger partial charge < -0.3 is 9.84 Å². The predicted octanol–water partition coefficient (Wildman–Crippen LogP) is 5.96. The van der Waals surface area contributed by atoms with E-state index in [1.807, 2.05) is 30.3 Å². The zero-order chi connectivity index (χ0) is 21.3. The Morgan fingerprint density at radius 2 is 1.52 bits per heavy atom. The van der Waals surface area contributed by atoms with Crippen LogP contribution in [0.1, 0.15) is 102 Å². The minimum atomic E-state index is -0.493. The van der Waals surface area contributed by atoms with Gasteiger partial charge in [-0.05, 0) is 24.8 Å². The zero-order valence-corrected chi connectivity index (χ0v) is 18.4. The molecular formula is C25H40O4. The molecule has 1 rings (SSSR count). The average Bonchev–Trinajstić information content (AvgIpc) is 2.74. The van der Waals surface area contributed by atoms with E-state index in [1.165, 1.54) is 20.0 Å². The van der Waals surface area contributed by atoms with Crippen LogP contribution in [0.2, 0.25) is 0 Å². The van der Waals surface area contributed by atoms with E-state index in [1.54, 1.807) is 0 Å². The normalized spacial score (nSPS) is 13.1. The van der Waals surface area contributed by atoms with Crippen molar-refractivity contribution in [3.05, 3.63) is 35.9 Å². The van der Waals surface area contributed by atoms with Crippen molar-refractivity contribution in [3.63, 3.8) is 0 Å². The quantitative estimate of drug-likeness (QED) is 0.257. The minimum Gasteiger partial charge on any atom is -0.469 e. The number of aliphatic hydroxyl groups excluding tert-OH is 1. The largest absolute Gasteiger partial charge is 0.469 e. The molecule has 0 bridgehead atoms. The summed E-state index contributed by atoms with van der Waals surface area (Å²) in [5.41, 5.74) is 1.06. The van der Waals surface area contributed by atoms with Gasteiger partial charge in [-0.1, -0.05) is 82.2 Å². The first-order chi connectivity index (χ1) is 14.1. The van der Waals surface area contributed by atoms with Crippen LogP contribution in [0.25, 0.3) is 0 Å². The van der Waals surface area contributed by atoms with Gasteiger partial charge >= 0.3 is 5.97 Å². The standard InChI is InChI=1S/C25H40O4/c1-3-4-5-12-17-22(26)20-23(21-15-10-9-11-16-21)24(27)18-13-7-6-8-14-19-25(28)29-2/h9-11,15-16,23-24,27H,3-8,12-14,17-20H2,1-2H3. The molecule has 4 nitrogen and oxygen atoms in total. The average molecular weight is 405 g/mol. The Bertz CT molecular complexity index is 555. The van der Waals surface area contributed by atoms with E-state index in [0.717, 1.165) is 50.5 Å². The van der Waals surface area contributed by atoms with Crippen molar-refractivity contribution in [1.82, 2.24) is 0 Å². The zero-order valence-electron chi connectivity index (χ0n) is 18.4. The first-order valence-electron chi connectivity index (χ1n) is 11.4. The summed E-state index contributed by atoms with van der Waals surface area (Å²) in [5.74, 6) is -0.00324. The summed E-state index contributed by atoms with van der Waals surface area (Å²) in [5, 5.41) is 10.8. The topological polar surface area (TPSA) is 63.6 Å². The highest BCUT2D eigenvalue weighted by molar-refractivity contribution is 5.79. The second-order valence-corrected chi connectivity index (χ2v) is 8.02. The fourth-order valence-corrected chi connectivity index (χ4v) is 3.73. The Balaban J connectivity index is 2.41. The van der Waals surface area contributed by atoms with Gasteiger partial charge in [-0.3, -0.25) is 9.59 Å².